The van der Waals surface area contributed by atoms with Crippen LogP contribution in [0.2, 0.25) is 0 Å². The van der Waals surface area contributed by atoms with Crippen LogP contribution in [0, 0.1) is 13.8 Å². The number of amides is 1. The highest BCUT2D eigenvalue weighted by Crippen LogP contribution is 2.33. The Bertz CT molecular complexity index is 1200. The van der Waals surface area contributed by atoms with Crippen LogP contribution >= 0.6 is 0 Å². The number of H-pyrrole nitrogens is 1. The SMILES string of the molecule is Cc1cc(C(=O)N2CCC[C@H]2c2nc3ccccc3[nH]2)cc(S(=O)(=O)N(C)C)c1C. The third kappa shape index (κ3) is 3.40. The van der Waals surface area contributed by atoms with Crippen LogP contribution in [0.1, 0.15) is 46.2 Å². The number of imidazole rings is 1. The zero-order valence-electron chi connectivity index (χ0n) is 17.6. The highest BCUT2D eigenvalue weighted by atomic mass is 32.2. The van der Waals surface area contributed by atoms with Crippen LogP contribution in [-0.4, -0.2) is 54.1 Å². The summed E-state index contributed by atoms with van der Waals surface area (Å²) < 4.78 is 26.7. The number of carbonyl (C=O) groups excluding carboxylic acids is 1. The summed E-state index contributed by atoms with van der Waals surface area (Å²) in [5, 5.41) is 0. The molecule has 1 amide bonds. The first kappa shape index (κ1) is 20.6. The maximum atomic E-state index is 13.4. The average molecular weight is 427 g/mol. The molecule has 0 spiro atoms. The van der Waals surface area contributed by atoms with E-state index in [1.54, 1.807) is 17.9 Å². The van der Waals surface area contributed by atoms with Gasteiger partial charge in [0, 0.05) is 26.2 Å². The minimum absolute atomic E-state index is 0.152. The van der Waals surface area contributed by atoms with Gasteiger partial charge in [-0.2, -0.15) is 0 Å². The van der Waals surface area contributed by atoms with E-state index >= 15 is 0 Å². The standard InChI is InChI=1S/C22H26N4O3S/c1-14-12-16(13-20(15(14)2)30(28,29)25(3)4)22(27)26-11-7-10-19(26)21-23-17-8-5-6-9-18(17)24-21/h5-6,8-9,12-13,19H,7,10-11H2,1-4H3,(H,23,24)/t19-/m0/s1. The number of benzene rings is 2. The summed E-state index contributed by atoms with van der Waals surface area (Å²) >= 11 is 0. The second-order valence-corrected chi connectivity index (χ2v) is 10.1. The van der Waals surface area contributed by atoms with Crippen molar-refractivity contribution in [2.75, 3.05) is 20.6 Å². The number of sulfonamides is 1. The first-order chi connectivity index (χ1) is 14.2. The van der Waals surface area contributed by atoms with Gasteiger partial charge in [0.25, 0.3) is 5.91 Å². The summed E-state index contributed by atoms with van der Waals surface area (Å²) in [5.41, 5.74) is 3.65. The van der Waals surface area contributed by atoms with Crippen LogP contribution in [0.15, 0.2) is 41.3 Å². The molecule has 2 heterocycles. The fraction of sp³-hybridized carbons (Fsp3) is 0.364. The van der Waals surface area contributed by atoms with Crippen molar-refractivity contribution in [3.63, 3.8) is 0 Å². The maximum Gasteiger partial charge on any atom is 0.254 e. The minimum atomic E-state index is -3.65. The number of fused-ring (bicyclic) bond motifs is 1. The van der Waals surface area contributed by atoms with Crippen LogP contribution in [0.3, 0.4) is 0 Å². The van der Waals surface area contributed by atoms with Crippen molar-refractivity contribution in [3.8, 4) is 0 Å². The lowest BCUT2D eigenvalue weighted by atomic mass is 10.0. The van der Waals surface area contributed by atoms with E-state index in [0.29, 0.717) is 17.7 Å². The molecular weight excluding hydrogens is 400 g/mol. The highest BCUT2D eigenvalue weighted by Gasteiger charge is 2.33. The molecule has 8 heteroatoms. The number of hydrogen-bond acceptors (Lipinski definition) is 4. The van der Waals surface area contributed by atoms with Crippen molar-refractivity contribution in [2.24, 2.45) is 0 Å². The second-order valence-electron chi connectivity index (χ2n) is 8.00. The molecule has 30 heavy (non-hydrogen) atoms. The summed E-state index contributed by atoms with van der Waals surface area (Å²) in [6.07, 6.45) is 1.69. The number of likely N-dealkylation sites (tertiary alicyclic amines) is 1. The van der Waals surface area contributed by atoms with E-state index in [2.05, 4.69) is 9.97 Å². The Hall–Kier alpha value is -2.71. The molecule has 4 rings (SSSR count). The van der Waals surface area contributed by atoms with Gasteiger partial charge in [0.2, 0.25) is 10.0 Å². The fourth-order valence-electron chi connectivity index (χ4n) is 4.01. The molecule has 3 aromatic rings. The number of aromatic amines is 1. The van der Waals surface area contributed by atoms with Crippen LogP contribution in [-0.2, 0) is 10.0 Å². The fourth-order valence-corrected chi connectivity index (χ4v) is 5.22. The molecule has 7 nitrogen and oxygen atoms in total. The normalized spacial score (nSPS) is 17.2. The third-order valence-corrected chi connectivity index (χ3v) is 7.80. The molecule has 1 aliphatic heterocycles. The maximum absolute atomic E-state index is 13.4. The van der Waals surface area contributed by atoms with Crippen LogP contribution in [0.25, 0.3) is 11.0 Å². The molecule has 158 valence electrons. The number of aromatic nitrogens is 2. The summed E-state index contributed by atoms with van der Waals surface area (Å²) in [6, 6.07) is 10.9. The van der Waals surface area contributed by atoms with Crippen LogP contribution < -0.4 is 0 Å². The van der Waals surface area contributed by atoms with Crippen molar-refractivity contribution in [1.29, 1.82) is 0 Å². The zero-order valence-corrected chi connectivity index (χ0v) is 18.5. The van der Waals surface area contributed by atoms with Gasteiger partial charge in [-0.3, -0.25) is 4.79 Å². The van der Waals surface area contributed by atoms with Gasteiger partial charge in [0.05, 0.1) is 22.0 Å². The molecule has 1 saturated heterocycles. The average Bonchev–Trinajstić information content (AvgIpc) is 3.35. The largest absolute Gasteiger partial charge is 0.340 e. The number of para-hydroxylation sites is 2. The van der Waals surface area contributed by atoms with E-state index in [1.165, 1.54) is 24.5 Å². The first-order valence-electron chi connectivity index (χ1n) is 9.99. The predicted octanol–water partition coefficient (Wildman–Crippen LogP) is 3.41. The van der Waals surface area contributed by atoms with Crippen molar-refractivity contribution >= 4 is 27.0 Å². The monoisotopic (exact) mass is 426 g/mol. The van der Waals surface area contributed by atoms with Crippen LogP contribution in [0.4, 0.5) is 0 Å². The van der Waals surface area contributed by atoms with E-state index in [1.807, 2.05) is 31.2 Å². The molecule has 0 unspecified atom stereocenters. The summed E-state index contributed by atoms with van der Waals surface area (Å²) in [5.74, 6) is 0.600. The van der Waals surface area contributed by atoms with Crippen LogP contribution in [0.5, 0.6) is 0 Å². The lowest BCUT2D eigenvalue weighted by Gasteiger charge is -2.24. The Kier molecular flexibility index (Phi) is 5.15. The lowest BCUT2D eigenvalue weighted by Crippen LogP contribution is -2.31. The molecule has 0 bridgehead atoms. The van der Waals surface area contributed by atoms with Crippen molar-refractivity contribution in [1.82, 2.24) is 19.2 Å². The number of rotatable bonds is 4. The molecule has 2 aromatic carbocycles. The van der Waals surface area contributed by atoms with Crippen molar-refractivity contribution in [2.45, 2.75) is 37.6 Å². The summed E-state index contributed by atoms with van der Waals surface area (Å²) in [7, 11) is -0.655. The molecular formula is C22H26N4O3S. The number of carbonyl (C=O) groups is 1. The van der Waals surface area contributed by atoms with Gasteiger partial charge >= 0.3 is 0 Å². The number of nitrogens with one attached hydrogen (secondary N) is 1. The van der Waals surface area contributed by atoms with Crippen molar-refractivity contribution < 1.29 is 13.2 Å². The summed E-state index contributed by atoms with van der Waals surface area (Å²) in [4.78, 5) is 23.4. The first-order valence-corrected chi connectivity index (χ1v) is 11.4. The summed E-state index contributed by atoms with van der Waals surface area (Å²) in [6.45, 7) is 4.22. The number of nitrogens with zero attached hydrogens (tertiary/aromatic N) is 3. The topological polar surface area (TPSA) is 86.4 Å². The molecule has 0 radical (unpaired) electrons. The molecule has 0 aliphatic carbocycles. The van der Waals surface area contributed by atoms with E-state index in [9.17, 15) is 13.2 Å². The molecule has 1 aliphatic rings. The highest BCUT2D eigenvalue weighted by molar-refractivity contribution is 7.89. The Balaban J connectivity index is 1.72. The van der Waals surface area contributed by atoms with Gasteiger partial charge in [-0.1, -0.05) is 12.1 Å². The number of aryl methyl sites for hydroxylation is 1. The van der Waals surface area contributed by atoms with Gasteiger partial charge < -0.3 is 9.88 Å². The third-order valence-electron chi connectivity index (χ3n) is 5.86. The molecule has 1 aromatic heterocycles. The van der Waals surface area contributed by atoms with Crippen molar-refractivity contribution in [3.05, 3.63) is 58.9 Å². The van der Waals surface area contributed by atoms with Gasteiger partial charge in [0.15, 0.2) is 0 Å². The minimum Gasteiger partial charge on any atom is -0.340 e. The molecule has 1 N–H and O–H groups in total. The van der Waals surface area contributed by atoms with Gasteiger partial charge in [-0.25, -0.2) is 17.7 Å². The lowest BCUT2D eigenvalue weighted by molar-refractivity contribution is 0.0730. The smallest absolute Gasteiger partial charge is 0.254 e. The Morgan fingerprint density at radius 3 is 2.63 bits per heavy atom. The van der Waals surface area contributed by atoms with Gasteiger partial charge in [-0.15, -0.1) is 0 Å². The van der Waals surface area contributed by atoms with E-state index in [4.69, 9.17) is 0 Å². The van der Waals surface area contributed by atoms with E-state index in [-0.39, 0.29) is 16.8 Å². The Morgan fingerprint density at radius 2 is 1.93 bits per heavy atom. The Labute approximate surface area is 176 Å². The molecule has 1 atom stereocenters. The molecule has 0 saturated carbocycles. The zero-order chi connectivity index (χ0) is 21.6. The van der Waals surface area contributed by atoms with E-state index < -0.39 is 10.0 Å². The number of hydrogen-bond donors (Lipinski definition) is 1. The second kappa shape index (κ2) is 7.52. The van der Waals surface area contributed by atoms with Gasteiger partial charge in [0.1, 0.15) is 5.82 Å². The predicted molar refractivity (Wildman–Crippen MR) is 116 cm³/mol. The Morgan fingerprint density at radius 1 is 1.20 bits per heavy atom. The van der Waals surface area contributed by atoms with Gasteiger partial charge in [-0.05, 0) is 62.1 Å². The van der Waals surface area contributed by atoms with E-state index in [0.717, 1.165) is 35.3 Å². The molecule has 1 fully saturated rings. The quantitative estimate of drug-likeness (QED) is 0.693.